The number of benzene rings is 1. The van der Waals surface area contributed by atoms with Crippen LogP contribution in [0.15, 0.2) is 24.3 Å². The minimum absolute atomic E-state index is 0.000997. The van der Waals surface area contributed by atoms with Gasteiger partial charge in [-0.05, 0) is 30.5 Å². The Morgan fingerprint density at radius 2 is 1.95 bits per heavy atom. The molecule has 4 nitrogen and oxygen atoms in total. The van der Waals surface area contributed by atoms with Crippen LogP contribution in [0.5, 0.6) is 0 Å². The fraction of sp³-hybridized carbons (Fsp3) is 0.533. The number of carboxylic acids is 1. The molecular formula is C15H21NO3. The van der Waals surface area contributed by atoms with Crippen molar-refractivity contribution >= 4 is 5.97 Å². The normalized spacial score (nSPS) is 17.5. The molecule has 0 aromatic heterocycles. The van der Waals surface area contributed by atoms with Gasteiger partial charge in [-0.15, -0.1) is 0 Å². The van der Waals surface area contributed by atoms with Crippen LogP contribution >= 0.6 is 0 Å². The Morgan fingerprint density at radius 3 is 2.47 bits per heavy atom. The van der Waals surface area contributed by atoms with Crippen LogP contribution in [0.1, 0.15) is 41.6 Å². The van der Waals surface area contributed by atoms with E-state index in [4.69, 9.17) is 9.84 Å². The third-order valence-corrected chi connectivity index (χ3v) is 3.92. The highest BCUT2D eigenvalue weighted by Gasteiger charge is 2.32. The van der Waals surface area contributed by atoms with Crippen LogP contribution in [0.3, 0.4) is 0 Å². The first kappa shape index (κ1) is 14.0. The molecule has 0 heterocycles. The number of ether oxygens (including phenoxy) is 1. The van der Waals surface area contributed by atoms with Gasteiger partial charge in [-0.25, -0.2) is 4.79 Å². The molecule has 0 atom stereocenters. The fourth-order valence-electron chi connectivity index (χ4n) is 2.67. The molecule has 4 heteroatoms. The number of hydrogen-bond donors (Lipinski definition) is 2. The smallest absolute Gasteiger partial charge is 0.335 e. The highest BCUT2D eigenvalue weighted by molar-refractivity contribution is 5.87. The lowest BCUT2D eigenvalue weighted by Crippen LogP contribution is -2.39. The van der Waals surface area contributed by atoms with Gasteiger partial charge < -0.3 is 15.2 Å². The van der Waals surface area contributed by atoms with Crippen molar-refractivity contribution in [2.75, 3.05) is 13.7 Å². The highest BCUT2D eigenvalue weighted by Crippen LogP contribution is 2.31. The van der Waals surface area contributed by atoms with E-state index in [0.29, 0.717) is 5.56 Å². The molecule has 1 fully saturated rings. The monoisotopic (exact) mass is 263 g/mol. The van der Waals surface area contributed by atoms with Crippen molar-refractivity contribution < 1.29 is 14.6 Å². The maximum atomic E-state index is 10.7. The standard InChI is InChI=1S/C15H21NO3/c1-19-15(8-2-3-9-15)11-16-10-12-4-6-13(7-5-12)14(17)18/h4-7,16H,2-3,8-11H2,1H3,(H,17,18). The zero-order valence-corrected chi connectivity index (χ0v) is 11.3. The Labute approximate surface area is 113 Å². The maximum absolute atomic E-state index is 10.7. The zero-order chi connectivity index (χ0) is 13.7. The van der Waals surface area contributed by atoms with Gasteiger partial charge in [0, 0.05) is 20.2 Å². The van der Waals surface area contributed by atoms with E-state index in [1.807, 2.05) is 12.1 Å². The van der Waals surface area contributed by atoms with Crippen molar-refractivity contribution in [2.24, 2.45) is 0 Å². The van der Waals surface area contributed by atoms with Gasteiger partial charge in [-0.2, -0.15) is 0 Å². The van der Waals surface area contributed by atoms with E-state index in [2.05, 4.69) is 5.32 Å². The molecule has 0 aliphatic heterocycles. The van der Waals surface area contributed by atoms with Gasteiger partial charge in [0.05, 0.1) is 11.2 Å². The van der Waals surface area contributed by atoms with Gasteiger partial charge in [0.15, 0.2) is 0 Å². The molecule has 0 bridgehead atoms. The molecule has 19 heavy (non-hydrogen) atoms. The van der Waals surface area contributed by atoms with Gasteiger partial charge in [0.2, 0.25) is 0 Å². The van der Waals surface area contributed by atoms with E-state index in [0.717, 1.165) is 31.5 Å². The van der Waals surface area contributed by atoms with Crippen molar-refractivity contribution in [3.63, 3.8) is 0 Å². The lowest BCUT2D eigenvalue weighted by Gasteiger charge is -2.27. The Balaban J connectivity index is 1.83. The number of hydrogen-bond acceptors (Lipinski definition) is 3. The highest BCUT2D eigenvalue weighted by atomic mass is 16.5. The second kappa shape index (κ2) is 6.17. The van der Waals surface area contributed by atoms with Gasteiger partial charge in [0.25, 0.3) is 0 Å². The fourth-order valence-corrected chi connectivity index (χ4v) is 2.67. The largest absolute Gasteiger partial charge is 0.478 e. The second-order valence-corrected chi connectivity index (χ2v) is 5.20. The quantitative estimate of drug-likeness (QED) is 0.827. The number of aromatic carboxylic acids is 1. The zero-order valence-electron chi connectivity index (χ0n) is 11.3. The van der Waals surface area contributed by atoms with E-state index in [9.17, 15) is 4.79 Å². The number of methoxy groups -OCH3 is 1. The second-order valence-electron chi connectivity index (χ2n) is 5.20. The molecular weight excluding hydrogens is 242 g/mol. The minimum atomic E-state index is -0.885. The van der Waals surface area contributed by atoms with Crippen molar-refractivity contribution in [3.05, 3.63) is 35.4 Å². The predicted molar refractivity (Wildman–Crippen MR) is 73.3 cm³/mol. The molecule has 0 amide bonds. The summed E-state index contributed by atoms with van der Waals surface area (Å²) in [6, 6.07) is 6.98. The van der Waals surface area contributed by atoms with Crippen LogP contribution in [0.2, 0.25) is 0 Å². The molecule has 2 rings (SSSR count). The third-order valence-electron chi connectivity index (χ3n) is 3.92. The Morgan fingerprint density at radius 1 is 1.32 bits per heavy atom. The van der Waals surface area contributed by atoms with E-state index >= 15 is 0 Å². The van der Waals surface area contributed by atoms with Crippen molar-refractivity contribution in [1.29, 1.82) is 0 Å². The summed E-state index contributed by atoms with van der Waals surface area (Å²) >= 11 is 0. The molecule has 2 N–H and O–H groups in total. The van der Waals surface area contributed by atoms with Gasteiger partial charge in [0.1, 0.15) is 0 Å². The molecule has 0 spiro atoms. The first-order valence-corrected chi connectivity index (χ1v) is 6.73. The van der Waals surface area contributed by atoms with E-state index in [1.54, 1.807) is 19.2 Å². The van der Waals surface area contributed by atoms with Crippen LogP contribution in [0, 0.1) is 0 Å². The Bertz CT molecular complexity index is 422. The number of carbonyl (C=O) groups is 1. The predicted octanol–water partition coefficient (Wildman–Crippen LogP) is 2.43. The first-order valence-electron chi connectivity index (χ1n) is 6.73. The summed E-state index contributed by atoms with van der Waals surface area (Å²) in [6.45, 7) is 1.59. The van der Waals surface area contributed by atoms with Crippen LogP contribution in [0.4, 0.5) is 0 Å². The summed E-state index contributed by atoms with van der Waals surface area (Å²) in [7, 11) is 1.79. The van der Waals surface area contributed by atoms with Crippen LogP contribution in [-0.2, 0) is 11.3 Å². The van der Waals surface area contributed by atoms with E-state index in [-0.39, 0.29) is 5.60 Å². The summed E-state index contributed by atoms with van der Waals surface area (Å²) < 4.78 is 5.65. The van der Waals surface area contributed by atoms with Gasteiger partial charge in [-0.1, -0.05) is 25.0 Å². The lowest BCUT2D eigenvalue weighted by molar-refractivity contribution is -0.00344. The number of rotatable bonds is 6. The minimum Gasteiger partial charge on any atom is -0.478 e. The molecule has 0 radical (unpaired) electrons. The molecule has 0 saturated heterocycles. The Kier molecular flexibility index (Phi) is 4.56. The molecule has 1 aromatic carbocycles. The van der Waals surface area contributed by atoms with Crippen LogP contribution < -0.4 is 5.32 Å². The summed E-state index contributed by atoms with van der Waals surface area (Å²) in [4.78, 5) is 10.7. The lowest BCUT2D eigenvalue weighted by atomic mass is 10.0. The topological polar surface area (TPSA) is 58.6 Å². The van der Waals surface area contributed by atoms with Crippen LogP contribution in [0.25, 0.3) is 0 Å². The first-order chi connectivity index (χ1) is 9.15. The Hall–Kier alpha value is -1.39. The maximum Gasteiger partial charge on any atom is 0.335 e. The average Bonchev–Trinajstić information content (AvgIpc) is 2.89. The van der Waals surface area contributed by atoms with Crippen molar-refractivity contribution in [2.45, 2.75) is 37.8 Å². The summed E-state index contributed by atoms with van der Waals surface area (Å²) in [5.41, 5.74) is 1.42. The van der Waals surface area contributed by atoms with E-state index < -0.39 is 5.97 Å². The van der Waals surface area contributed by atoms with Gasteiger partial charge in [-0.3, -0.25) is 0 Å². The third kappa shape index (κ3) is 3.55. The molecule has 1 aliphatic carbocycles. The molecule has 1 aliphatic rings. The summed E-state index contributed by atoms with van der Waals surface area (Å²) in [5.74, 6) is -0.885. The van der Waals surface area contributed by atoms with Crippen molar-refractivity contribution in [3.8, 4) is 0 Å². The molecule has 0 unspecified atom stereocenters. The molecule has 104 valence electrons. The summed E-state index contributed by atoms with van der Waals surface area (Å²) in [6.07, 6.45) is 4.72. The number of nitrogens with one attached hydrogen (secondary N) is 1. The summed E-state index contributed by atoms with van der Waals surface area (Å²) in [5, 5.41) is 12.2. The van der Waals surface area contributed by atoms with Crippen LogP contribution in [-0.4, -0.2) is 30.3 Å². The molecule has 1 saturated carbocycles. The molecule has 1 aromatic rings. The SMILES string of the molecule is COC1(CNCc2ccc(C(=O)O)cc2)CCCC1. The number of carboxylic acid groups (broad SMARTS) is 1. The van der Waals surface area contributed by atoms with Crippen molar-refractivity contribution in [1.82, 2.24) is 5.32 Å². The van der Waals surface area contributed by atoms with E-state index in [1.165, 1.54) is 12.8 Å². The van der Waals surface area contributed by atoms with Gasteiger partial charge >= 0.3 is 5.97 Å². The average molecular weight is 263 g/mol.